The van der Waals surface area contributed by atoms with Crippen LogP contribution in [0.2, 0.25) is 10.0 Å². The summed E-state index contributed by atoms with van der Waals surface area (Å²) >= 11 is 17.6. The van der Waals surface area contributed by atoms with Gasteiger partial charge in [-0.1, -0.05) is 47.5 Å². The smallest absolute Gasteiger partial charge is 0.265 e. The number of carbonyl (C=O) groups excluding carboxylic acids is 1. The predicted octanol–water partition coefficient (Wildman–Crippen LogP) is 4.34. The highest BCUT2D eigenvalue weighted by molar-refractivity contribution is 7.93. The Morgan fingerprint density at radius 1 is 1.04 bits per heavy atom. The molecule has 0 saturated carbocycles. The molecule has 4 nitrogen and oxygen atoms in total. The van der Waals surface area contributed by atoms with Gasteiger partial charge < -0.3 is 0 Å². The fourth-order valence-electron chi connectivity index (χ4n) is 2.01. The Kier molecular flexibility index (Phi) is 5.57. The lowest BCUT2D eigenvalue weighted by atomic mass is 10.3. The second-order valence-electron chi connectivity index (χ2n) is 4.67. The second-order valence-corrected chi connectivity index (χ2v) is 7.64. The highest BCUT2D eigenvalue weighted by atomic mass is 35.5. The molecule has 0 fully saturated rings. The Hall–Kier alpha value is -1.27. The average molecular weight is 393 g/mol. The molecule has 2 rings (SSSR count). The van der Waals surface area contributed by atoms with E-state index in [-0.39, 0.29) is 20.6 Å². The van der Waals surface area contributed by atoms with Gasteiger partial charge in [-0.2, -0.15) is 0 Å². The van der Waals surface area contributed by atoms with E-state index in [1.165, 1.54) is 31.2 Å². The van der Waals surface area contributed by atoms with Crippen molar-refractivity contribution in [1.29, 1.82) is 0 Å². The third-order valence-electron chi connectivity index (χ3n) is 3.15. The largest absolute Gasteiger partial charge is 0.279 e. The van der Waals surface area contributed by atoms with E-state index in [0.717, 1.165) is 4.31 Å². The molecule has 0 saturated heterocycles. The molecule has 8 heteroatoms. The monoisotopic (exact) mass is 391 g/mol. The summed E-state index contributed by atoms with van der Waals surface area (Å²) < 4.78 is 26.8. The summed E-state index contributed by atoms with van der Waals surface area (Å²) in [6.45, 7) is 1.38. The fourth-order valence-corrected chi connectivity index (χ4v) is 4.25. The summed E-state index contributed by atoms with van der Waals surface area (Å²) in [7, 11) is -4.05. The molecule has 23 heavy (non-hydrogen) atoms. The Labute approximate surface area is 149 Å². The van der Waals surface area contributed by atoms with Crippen molar-refractivity contribution >= 4 is 55.8 Å². The van der Waals surface area contributed by atoms with E-state index in [4.69, 9.17) is 34.8 Å². The number of sulfonamides is 1. The highest BCUT2D eigenvalue weighted by Crippen LogP contribution is 2.36. The molecule has 0 aliphatic carbocycles. The van der Waals surface area contributed by atoms with Gasteiger partial charge in [0.2, 0.25) is 5.24 Å². The number of benzene rings is 2. The molecule has 0 radical (unpaired) electrons. The van der Waals surface area contributed by atoms with Crippen molar-refractivity contribution in [3.05, 3.63) is 58.6 Å². The van der Waals surface area contributed by atoms with Crippen LogP contribution >= 0.6 is 34.8 Å². The van der Waals surface area contributed by atoms with Crippen LogP contribution in [0.4, 0.5) is 5.69 Å². The van der Waals surface area contributed by atoms with Crippen molar-refractivity contribution in [2.75, 3.05) is 4.31 Å². The van der Waals surface area contributed by atoms with Crippen LogP contribution in [0, 0.1) is 0 Å². The molecule has 0 heterocycles. The second kappa shape index (κ2) is 7.09. The minimum atomic E-state index is -4.05. The first-order chi connectivity index (χ1) is 10.8. The summed E-state index contributed by atoms with van der Waals surface area (Å²) in [6.07, 6.45) is 0. The Morgan fingerprint density at radius 3 is 2.22 bits per heavy atom. The van der Waals surface area contributed by atoms with E-state index in [1.807, 2.05) is 0 Å². The maximum absolute atomic E-state index is 13.0. The molecule has 0 spiro atoms. The molecule has 2 aromatic rings. The van der Waals surface area contributed by atoms with E-state index in [9.17, 15) is 13.2 Å². The first-order valence-electron chi connectivity index (χ1n) is 6.49. The zero-order chi connectivity index (χ0) is 17.2. The van der Waals surface area contributed by atoms with Gasteiger partial charge in [-0.05, 0) is 42.8 Å². The maximum Gasteiger partial charge on any atom is 0.265 e. The number of anilines is 1. The number of halogens is 3. The summed E-state index contributed by atoms with van der Waals surface area (Å²) in [5.74, 6) is 0. The Morgan fingerprint density at radius 2 is 1.65 bits per heavy atom. The molecular weight excluding hydrogens is 381 g/mol. The summed E-state index contributed by atoms with van der Waals surface area (Å²) in [5.41, 5.74) is 0.0875. The molecule has 0 bridgehead atoms. The third kappa shape index (κ3) is 3.63. The van der Waals surface area contributed by atoms with Crippen LogP contribution in [-0.4, -0.2) is 19.7 Å². The van der Waals surface area contributed by atoms with Gasteiger partial charge in [0.25, 0.3) is 10.0 Å². The maximum atomic E-state index is 13.0. The topological polar surface area (TPSA) is 54.5 Å². The number of hydrogen-bond acceptors (Lipinski definition) is 3. The van der Waals surface area contributed by atoms with Crippen molar-refractivity contribution in [2.24, 2.45) is 0 Å². The van der Waals surface area contributed by atoms with E-state index < -0.39 is 21.3 Å². The van der Waals surface area contributed by atoms with Gasteiger partial charge in [-0.15, -0.1) is 0 Å². The van der Waals surface area contributed by atoms with Crippen molar-refractivity contribution < 1.29 is 13.2 Å². The quantitative estimate of drug-likeness (QED) is 0.711. The first kappa shape index (κ1) is 18.1. The zero-order valence-corrected chi connectivity index (χ0v) is 15.0. The lowest BCUT2D eigenvalue weighted by Gasteiger charge is -2.29. The number of nitrogens with zero attached hydrogens (tertiary/aromatic N) is 1. The lowest BCUT2D eigenvalue weighted by Crippen LogP contribution is -2.42. The van der Waals surface area contributed by atoms with Crippen LogP contribution in [0.25, 0.3) is 0 Å². The van der Waals surface area contributed by atoms with Crippen LogP contribution < -0.4 is 4.31 Å². The summed E-state index contributed by atoms with van der Waals surface area (Å²) in [5, 5.41) is -0.634. The van der Waals surface area contributed by atoms with E-state index in [1.54, 1.807) is 24.3 Å². The molecule has 0 aliphatic rings. The van der Waals surface area contributed by atoms with Gasteiger partial charge in [0.05, 0.1) is 20.6 Å². The van der Waals surface area contributed by atoms with E-state index in [0.29, 0.717) is 0 Å². The molecule has 0 amide bonds. The number of carbonyl (C=O) groups is 1. The summed E-state index contributed by atoms with van der Waals surface area (Å²) in [6, 6.07) is 11.1. The molecule has 1 atom stereocenters. The number of rotatable bonds is 5. The van der Waals surface area contributed by atoms with Gasteiger partial charge in [-0.3, -0.25) is 9.10 Å². The van der Waals surface area contributed by atoms with Gasteiger partial charge in [0, 0.05) is 0 Å². The van der Waals surface area contributed by atoms with Crippen molar-refractivity contribution in [1.82, 2.24) is 0 Å². The number of hydrogen-bond donors (Lipinski definition) is 0. The van der Waals surface area contributed by atoms with Crippen LogP contribution in [0.1, 0.15) is 6.92 Å². The van der Waals surface area contributed by atoms with Crippen LogP contribution in [-0.2, 0) is 14.8 Å². The molecular formula is C15H12Cl3NO3S. The average Bonchev–Trinajstić information content (AvgIpc) is 2.52. The fraction of sp³-hybridized carbons (Fsp3) is 0.133. The van der Waals surface area contributed by atoms with E-state index in [2.05, 4.69) is 0 Å². The van der Waals surface area contributed by atoms with Gasteiger partial charge in [0.1, 0.15) is 6.04 Å². The molecule has 0 N–H and O–H groups in total. The molecule has 1 unspecified atom stereocenters. The highest BCUT2D eigenvalue weighted by Gasteiger charge is 2.34. The first-order valence-corrected chi connectivity index (χ1v) is 9.07. The van der Waals surface area contributed by atoms with Gasteiger partial charge in [0.15, 0.2) is 0 Å². The zero-order valence-electron chi connectivity index (χ0n) is 11.9. The van der Waals surface area contributed by atoms with Crippen LogP contribution in [0.15, 0.2) is 53.4 Å². The molecule has 122 valence electrons. The molecule has 0 aromatic heterocycles. The molecule has 2 aromatic carbocycles. The minimum Gasteiger partial charge on any atom is -0.279 e. The standard InChI is InChI=1S/C15H12Cl3NO3S/c1-10(15(18)20)19(13-9-5-8-12(16)14(13)17)23(21,22)11-6-3-2-4-7-11/h2-10H,1H3. The Balaban J connectivity index is 2.69. The van der Waals surface area contributed by atoms with Crippen molar-refractivity contribution in [3.8, 4) is 0 Å². The minimum absolute atomic E-state index is 0.0146. The lowest BCUT2D eigenvalue weighted by molar-refractivity contribution is -0.112. The van der Waals surface area contributed by atoms with E-state index >= 15 is 0 Å². The Bertz CT molecular complexity index is 825. The van der Waals surface area contributed by atoms with Crippen LogP contribution in [0.3, 0.4) is 0 Å². The van der Waals surface area contributed by atoms with Crippen LogP contribution in [0.5, 0.6) is 0 Å². The molecule has 0 aliphatic heterocycles. The third-order valence-corrected chi connectivity index (χ3v) is 6.17. The summed E-state index contributed by atoms with van der Waals surface area (Å²) in [4.78, 5) is 11.6. The normalized spacial score (nSPS) is 12.7. The van der Waals surface area contributed by atoms with Gasteiger partial charge in [-0.25, -0.2) is 8.42 Å². The van der Waals surface area contributed by atoms with Gasteiger partial charge >= 0.3 is 0 Å². The predicted molar refractivity (Wildman–Crippen MR) is 92.9 cm³/mol. The SMILES string of the molecule is CC(C(=O)Cl)N(c1cccc(Cl)c1Cl)S(=O)(=O)c1ccccc1. The van der Waals surface area contributed by atoms with Crippen molar-refractivity contribution in [3.63, 3.8) is 0 Å². The van der Waals surface area contributed by atoms with Crippen molar-refractivity contribution in [2.45, 2.75) is 17.9 Å².